The molecule has 222 valence electrons. The van der Waals surface area contributed by atoms with Crippen molar-refractivity contribution in [2.45, 2.75) is 102 Å². The monoisotopic (exact) mass is 558 g/mol. The van der Waals surface area contributed by atoms with Crippen LogP contribution >= 0.6 is 0 Å². The van der Waals surface area contributed by atoms with E-state index in [2.05, 4.69) is 6.92 Å². The molecule has 38 heavy (non-hydrogen) atoms. The summed E-state index contributed by atoms with van der Waals surface area (Å²) in [7, 11) is -3.73. The van der Waals surface area contributed by atoms with E-state index in [9.17, 15) is 8.42 Å². The fourth-order valence-electron chi connectivity index (χ4n) is 4.02. The van der Waals surface area contributed by atoms with E-state index in [1.807, 2.05) is 0 Å². The Labute approximate surface area is 233 Å². The molecule has 1 rings (SSSR count). The topological polar surface area (TPSA) is 80.3 Å². The Kier molecular flexibility index (Phi) is 24.1. The molecular formula is C30H54O7S. The third-order valence-corrected chi connectivity index (χ3v) is 7.58. The van der Waals surface area contributed by atoms with Crippen LogP contribution in [0.25, 0.3) is 0 Å². The van der Waals surface area contributed by atoms with Crippen molar-refractivity contribution in [2.75, 3.05) is 59.5 Å². The molecule has 0 aliphatic carbocycles. The van der Waals surface area contributed by atoms with Crippen molar-refractivity contribution in [1.82, 2.24) is 0 Å². The zero-order chi connectivity index (χ0) is 27.4. The van der Waals surface area contributed by atoms with E-state index in [1.54, 1.807) is 18.2 Å². The minimum absolute atomic E-state index is 0.0281. The first-order valence-electron chi connectivity index (χ1n) is 14.9. The molecule has 0 aliphatic heterocycles. The summed E-state index contributed by atoms with van der Waals surface area (Å²) in [5.41, 5.74) is 0. The third-order valence-electron chi connectivity index (χ3n) is 6.26. The Hall–Kier alpha value is -1.03. The molecule has 0 radical (unpaired) electrons. The maximum absolute atomic E-state index is 11.9. The molecule has 0 fully saturated rings. The third kappa shape index (κ3) is 21.9. The average molecular weight is 559 g/mol. The molecule has 0 amide bonds. The quantitative estimate of drug-likeness (QED) is 0.0778. The van der Waals surface area contributed by atoms with E-state index in [0.717, 1.165) is 13.0 Å². The van der Waals surface area contributed by atoms with E-state index in [-0.39, 0.29) is 18.1 Å². The van der Waals surface area contributed by atoms with Crippen molar-refractivity contribution in [3.05, 3.63) is 30.3 Å². The number of hydrogen-bond acceptors (Lipinski definition) is 7. The molecule has 0 unspecified atom stereocenters. The van der Waals surface area contributed by atoms with Crippen molar-refractivity contribution in [3.63, 3.8) is 0 Å². The second-order valence-corrected chi connectivity index (χ2v) is 11.3. The Morgan fingerprint density at radius 2 is 0.842 bits per heavy atom. The van der Waals surface area contributed by atoms with Crippen LogP contribution in [-0.2, 0) is 33.2 Å². The van der Waals surface area contributed by atoms with Crippen LogP contribution in [0, 0.1) is 0 Å². The molecule has 0 bridgehead atoms. The van der Waals surface area contributed by atoms with Crippen molar-refractivity contribution < 1.29 is 31.5 Å². The van der Waals surface area contributed by atoms with Crippen molar-refractivity contribution in [1.29, 1.82) is 0 Å². The van der Waals surface area contributed by atoms with Gasteiger partial charge in [0.25, 0.3) is 10.1 Å². The smallest absolute Gasteiger partial charge is 0.297 e. The van der Waals surface area contributed by atoms with Crippen LogP contribution in [0.2, 0.25) is 0 Å². The lowest BCUT2D eigenvalue weighted by Crippen LogP contribution is -2.15. The second-order valence-electron chi connectivity index (χ2n) is 9.63. The van der Waals surface area contributed by atoms with Gasteiger partial charge in [-0.25, -0.2) is 0 Å². The largest absolute Gasteiger partial charge is 0.379 e. The van der Waals surface area contributed by atoms with Crippen molar-refractivity contribution in [3.8, 4) is 0 Å². The van der Waals surface area contributed by atoms with Gasteiger partial charge in [0.05, 0.1) is 57.8 Å². The Balaban J connectivity index is 1.70. The van der Waals surface area contributed by atoms with Crippen molar-refractivity contribution in [2.24, 2.45) is 0 Å². The fourth-order valence-corrected chi connectivity index (χ4v) is 4.93. The summed E-state index contributed by atoms with van der Waals surface area (Å²) < 4.78 is 50.8. The van der Waals surface area contributed by atoms with E-state index in [1.165, 1.54) is 95.6 Å². The van der Waals surface area contributed by atoms with Gasteiger partial charge in [-0.05, 0) is 18.6 Å². The highest BCUT2D eigenvalue weighted by Crippen LogP contribution is 2.13. The highest BCUT2D eigenvalue weighted by molar-refractivity contribution is 7.86. The van der Waals surface area contributed by atoms with Crippen LogP contribution in [0.5, 0.6) is 0 Å². The first-order chi connectivity index (χ1) is 18.7. The normalized spacial score (nSPS) is 11.8. The lowest BCUT2D eigenvalue weighted by atomic mass is 10.0. The Bertz CT molecular complexity index is 713. The summed E-state index contributed by atoms with van der Waals surface area (Å²) in [4.78, 5) is 0.142. The van der Waals surface area contributed by atoms with Crippen LogP contribution in [0.4, 0.5) is 0 Å². The summed E-state index contributed by atoms with van der Waals surface area (Å²) in [6.45, 7) is 6.23. The summed E-state index contributed by atoms with van der Waals surface area (Å²) in [5, 5.41) is 0. The summed E-state index contributed by atoms with van der Waals surface area (Å²) in [5.74, 6) is 0. The first kappa shape index (κ1) is 35.0. The lowest BCUT2D eigenvalue weighted by Gasteiger charge is -2.08. The molecule has 0 N–H and O–H groups in total. The molecule has 8 heteroatoms. The van der Waals surface area contributed by atoms with Crippen molar-refractivity contribution >= 4 is 10.1 Å². The molecule has 0 spiro atoms. The van der Waals surface area contributed by atoms with Gasteiger partial charge in [-0.3, -0.25) is 4.18 Å². The molecule has 1 aromatic carbocycles. The number of benzene rings is 1. The fraction of sp³-hybridized carbons (Fsp3) is 0.800. The molecular weight excluding hydrogens is 504 g/mol. The van der Waals surface area contributed by atoms with E-state index >= 15 is 0 Å². The van der Waals surface area contributed by atoms with Crippen LogP contribution in [-0.4, -0.2) is 67.9 Å². The van der Waals surface area contributed by atoms with Gasteiger partial charge >= 0.3 is 0 Å². The highest BCUT2D eigenvalue weighted by Gasteiger charge is 2.13. The number of ether oxygens (including phenoxy) is 4. The van der Waals surface area contributed by atoms with Gasteiger partial charge < -0.3 is 18.9 Å². The Morgan fingerprint density at radius 1 is 0.474 bits per heavy atom. The van der Waals surface area contributed by atoms with Gasteiger partial charge in [0.2, 0.25) is 0 Å². The van der Waals surface area contributed by atoms with Crippen LogP contribution in [0.15, 0.2) is 35.2 Å². The molecule has 0 heterocycles. The summed E-state index contributed by atoms with van der Waals surface area (Å²) in [6, 6.07) is 8.06. The maximum Gasteiger partial charge on any atom is 0.297 e. The lowest BCUT2D eigenvalue weighted by molar-refractivity contribution is -0.00468. The molecule has 0 saturated heterocycles. The van der Waals surface area contributed by atoms with Gasteiger partial charge in [0.15, 0.2) is 0 Å². The molecule has 0 aromatic heterocycles. The second kappa shape index (κ2) is 26.2. The summed E-state index contributed by atoms with van der Waals surface area (Å²) in [6.07, 6.45) is 19.1. The van der Waals surface area contributed by atoms with Crippen LogP contribution < -0.4 is 0 Å². The number of rotatable bonds is 29. The molecule has 0 saturated carbocycles. The standard InChI is InChI=1S/C30H54O7S/c1-2-3-4-5-6-7-8-9-10-11-12-13-14-18-21-33-22-23-34-24-25-35-26-27-36-28-29-37-38(31,32)30-19-16-15-17-20-30/h15-17,19-20H,2-14,18,21-29H2,1H3. The predicted octanol–water partition coefficient (Wildman–Crippen LogP) is 6.94. The SMILES string of the molecule is CCCCCCCCCCCCCCCCOCCOCCOCCOCCOS(=O)(=O)c1ccccc1. The first-order valence-corrected chi connectivity index (χ1v) is 16.3. The zero-order valence-corrected chi connectivity index (χ0v) is 24.7. The zero-order valence-electron chi connectivity index (χ0n) is 23.9. The van der Waals surface area contributed by atoms with Gasteiger partial charge in [0.1, 0.15) is 0 Å². The maximum atomic E-state index is 11.9. The van der Waals surface area contributed by atoms with Gasteiger partial charge in [0, 0.05) is 6.61 Å². The molecule has 7 nitrogen and oxygen atoms in total. The Morgan fingerprint density at radius 3 is 1.29 bits per heavy atom. The van der Waals surface area contributed by atoms with E-state index < -0.39 is 10.1 Å². The minimum atomic E-state index is -3.73. The number of unbranched alkanes of at least 4 members (excludes halogenated alkanes) is 13. The van der Waals surface area contributed by atoms with E-state index in [4.69, 9.17) is 23.1 Å². The number of hydrogen-bond donors (Lipinski definition) is 0. The van der Waals surface area contributed by atoms with Gasteiger partial charge in [-0.2, -0.15) is 8.42 Å². The van der Waals surface area contributed by atoms with Crippen LogP contribution in [0.3, 0.4) is 0 Å². The predicted molar refractivity (Wildman–Crippen MR) is 153 cm³/mol. The molecule has 0 atom stereocenters. The van der Waals surface area contributed by atoms with Gasteiger partial charge in [-0.1, -0.05) is 109 Å². The van der Waals surface area contributed by atoms with E-state index in [0.29, 0.717) is 39.6 Å². The molecule has 1 aromatic rings. The highest BCUT2D eigenvalue weighted by atomic mass is 32.2. The average Bonchev–Trinajstić information content (AvgIpc) is 2.93. The van der Waals surface area contributed by atoms with Gasteiger partial charge in [-0.15, -0.1) is 0 Å². The van der Waals surface area contributed by atoms with Crippen LogP contribution in [0.1, 0.15) is 96.8 Å². The minimum Gasteiger partial charge on any atom is -0.379 e. The summed E-state index contributed by atoms with van der Waals surface area (Å²) >= 11 is 0. The molecule has 0 aliphatic rings.